The van der Waals surface area contributed by atoms with Crippen LogP contribution in [0.25, 0.3) is 0 Å². The monoisotopic (exact) mass is 240 g/mol. The molecule has 1 aliphatic heterocycles. The van der Waals surface area contributed by atoms with E-state index in [1.165, 1.54) is 12.1 Å². The minimum atomic E-state index is -0.237. The summed E-state index contributed by atoms with van der Waals surface area (Å²) in [7, 11) is 0. The summed E-state index contributed by atoms with van der Waals surface area (Å²) < 4.78 is 13.1. The maximum Gasteiger partial charge on any atom is 0.133 e. The molecule has 0 fully saturated rings. The number of benzene rings is 2. The molecule has 1 N–H and O–H groups in total. The largest absolute Gasteiger partial charge is 0.322 e. The molecule has 18 heavy (non-hydrogen) atoms. The Labute approximate surface area is 105 Å². The van der Waals surface area contributed by atoms with Gasteiger partial charge in [-0.2, -0.15) is 0 Å². The molecular formula is C15H13FN2. The first kappa shape index (κ1) is 11.0. The van der Waals surface area contributed by atoms with Crippen molar-refractivity contribution in [3.05, 3.63) is 65.0 Å². The van der Waals surface area contributed by atoms with Crippen molar-refractivity contribution >= 4 is 11.5 Å². The van der Waals surface area contributed by atoms with Gasteiger partial charge in [-0.15, -0.1) is 0 Å². The predicted octanol–water partition coefficient (Wildman–Crippen LogP) is 3.48. The van der Waals surface area contributed by atoms with E-state index >= 15 is 0 Å². The fourth-order valence-electron chi connectivity index (χ4n) is 2.41. The molecule has 0 bridgehead atoms. The van der Waals surface area contributed by atoms with Gasteiger partial charge in [0.25, 0.3) is 0 Å². The van der Waals surface area contributed by atoms with Crippen LogP contribution in [0.3, 0.4) is 0 Å². The zero-order valence-electron chi connectivity index (χ0n) is 10.1. The summed E-state index contributed by atoms with van der Waals surface area (Å²) in [6.07, 6.45) is 0. The molecule has 3 heteroatoms. The lowest BCUT2D eigenvalue weighted by molar-refractivity contribution is 0.626. The number of nitrogens with zero attached hydrogens (tertiary/aromatic N) is 1. The van der Waals surface area contributed by atoms with Gasteiger partial charge in [0.05, 0.1) is 6.54 Å². The number of halogens is 1. The standard InChI is InChI=1S/C15H13FN2/c1-10-8-12(16)6-7-14(10)18-9-11-4-2-3-5-13(11)15(18)17/h2-8,17H,9H2,1H3. The lowest BCUT2D eigenvalue weighted by Gasteiger charge is -2.20. The summed E-state index contributed by atoms with van der Waals surface area (Å²) in [6, 6.07) is 12.6. The number of hydrogen-bond acceptors (Lipinski definition) is 1. The van der Waals surface area contributed by atoms with E-state index in [9.17, 15) is 4.39 Å². The fourth-order valence-corrected chi connectivity index (χ4v) is 2.41. The van der Waals surface area contributed by atoms with Gasteiger partial charge in [-0.25, -0.2) is 4.39 Å². The van der Waals surface area contributed by atoms with E-state index in [1.54, 1.807) is 6.07 Å². The Kier molecular flexibility index (Phi) is 2.40. The van der Waals surface area contributed by atoms with Crippen molar-refractivity contribution in [2.75, 3.05) is 4.90 Å². The zero-order chi connectivity index (χ0) is 12.7. The van der Waals surface area contributed by atoms with Crippen molar-refractivity contribution in [1.82, 2.24) is 0 Å². The summed E-state index contributed by atoms with van der Waals surface area (Å²) >= 11 is 0. The Bertz CT molecular complexity index is 634. The van der Waals surface area contributed by atoms with Gasteiger partial charge in [0.1, 0.15) is 11.7 Å². The number of nitrogens with one attached hydrogen (secondary N) is 1. The Morgan fingerprint density at radius 3 is 2.67 bits per heavy atom. The van der Waals surface area contributed by atoms with Gasteiger partial charge >= 0.3 is 0 Å². The Morgan fingerprint density at radius 1 is 1.17 bits per heavy atom. The Hall–Kier alpha value is -2.16. The van der Waals surface area contributed by atoms with E-state index in [2.05, 4.69) is 0 Å². The first-order chi connectivity index (χ1) is 8.66. The van der Waals surface area contributed by atoms with Gasteiger partial charge < -0.3 is 4.90 Å². The minimum absolute atomic E-state index is 0.237. The molecule has 2 aromatic rings. The molecule has 2 nitrogen and oxygen atoms in total. The van der Waals surface area contributed by atoms with Crippen molar-refractivity contribution in [1.29, 1.82) is 5.41 Å². The van der Waals surface area contributed by atoms with Crippen LogP contribution < -0.4 is 4.90 Å². The molecule has 90 valence electrons. The van der Waals surface area contributed by atoms with Crippen LogP contribution >= 0.6 is 0 Å². The van der Waals surface area contributed by atoms with Gasteiger partial charge in [-0.1, -0.05) is 24.3 Å². The van der Waals surface area contributed by atoms with Crippen LogP contribution in [0.15, 0.2) is 42.5 Å². The molecule has 1 heterocycles. The highest BCUT2D eigenvalue weighted by molar-refractivity contribution is 6.11. The second-order valence-corrected chi connectivity index (χ2v) is 4.52. The van der Waals surface area contributed by atoms with Gasteiger partial charge in [0.15, 0.2) is 0 Å². The molecular weight excluding hydrogens is 227 g/mol. The normalized spacial score (nSPS) is 13.9. The molecule has 0 amide bonds. The molecule has 0 saturated heterocycles. The lowest BCUT2D eigenvalue weighted by atomic mass is 10.1. The maximum atomic E-state index is 13.1. The SMILES string of the molecule is Cc1cc(F)ccc1N1Cc2ccccc2C1=N. The summed E-state index contributed by atoms with van der Waals surface area (Å²) in [6.45, 7) is 2.55. The second kappa shape index (κ2) is 3.95. The van der Waals surface area contributed by atoms with E-state index in [-0.39, 0.29) is 5.82 Å². The first-order valence-electron chi connectivity index (χ1n) is 5.87. The molecule has 1 aliphatic rings. The van der Waals surface area contributed by atoms with Crippen molar-refractivity contribution in [3.8, 4) is 0 Å². The molecule has 0 unspecified atom stereocenters. The third-order valence-corrected chi connectivity index (χ3v) is 3.32. The number of aryl methyl sites for hydroxylation is 1. The number of amidine groups is 1. The number of hydrogen-bond donors (Lipinski definition) is 1. The van der Waals surface area contributed by atoms with Gasteiger partial charge in [0, 0.05) is 11.3 Å². The van der Waals surface area contributed by atoms with Crippen LogP contribution in [0.2, 0.25) is 0 Å². The zero-order valence-corrected chi connectivity index (χ0v) is 10.1. The van der Waals surface area contributed by atoms with Crippen molar-refractivity contribution in [3.63, 3.8) is 0 Å². The molecule has 3 rings (SSSR count). The van der Waals surface area contributed by atoms with Gasteiger partial charge in [-0.05, 0) is 36.2 Å². The average molecular weight is 240 g/mol. The van der Waals surface area contributed by atoms with Gasteiger partial charge in [-0.3, -0.25) is 5.41 Å². The highest BCUT2D eigenvalue weighted by Gasteiger charge is 2.25. The van der Waals surface area contributed by atoms with Crippen LogP contribution in [-0.2, 0) is 6.54 Å². The Balaban J connectivity index is 2.04. The number of rotatable bonds is 1. The fraction of sp³-hybridized carbons (Fsp3) is 0.133. The smallest absolute Gasteiger partial charge is 0.133 e. The predicted molar refractivity (Wildman–Crippen MR) is 70.6 cm³/mol. The first-order valence-corrected chi connectivity index (χ1v) is 5.87. The minimum Gasteiger partial charge on any atom is -0.322 e. The lowest BCUT2D eigenvalue weighted by Crippen LogP contribution is -2.23. The highest BCUT2D eigenvalue weighted by atomic mass is 19.1. The van der Waals surface area contributed by atoms with Crippen LogP contribution in [0.1, 0.15) is 16.7 Å². The Morgan fingerprint density at radius 2 is 1.94 bits per heavy atom. The van der Waals surface area contributed by atoms with Crippen LogP contribution in [0, 0.1) is 18.2 Å². The molecule has 0 radical (unpaired) electrons. The molecule has 0 spiro atoms. The number of fused-ring (bicyclic) bond motifs is 1. The molecule has 2 aromatic carbocycles. The van der Waals surface area contributed by atoms with Crippen molar-refractivity contribution in [2.24, 2.45) is 0 Å². The molecule has 0 aliphatic carbocycles. The third-order valence-electron chi connectivity index (χ3n) is 3.32. The highest BCUT2D eigenvalue weighted by Crippen LogP contribution is 2.30. The molecule has 0 saturated carbocycles. The summed E-state index contributed by atoms with van der Waals surface area (Å²) in [4.78, 5) is 1.92. The summed E-state index contributed by atoms with van der Waals surface area (Å²) in [5.74, 6) is 0.250. The van der Waals surface area contributed by atoms with E-state index < -0.39 is 0 Å². The number of anilines is 1. The third kappa shape index (κ3) is 1.59. The summed E-state index contributed by atoms with van der Waals surface area (Å²) in [5, 5.41) is 8.21. The quantitative estimate of drug-likeness (QED) is 0.811. The van der Waals surface area contributed by atoms with Crippen molar-refractivity contribution < 1.29 is 4.39 Å². The van der Waals surface area contributed by atoms with Crippen LogP contribution in [-0.4, -0.2) is 5.84 Å². The summed E-state index contributed by atoms with van der Waals surface area (Å²) in [5.41, 5.74) is 3.86. The van der Waals surface area contributed by atoms with E-state index in [0.717, 1.165) is 22.4 Å². The second-order valence-electron chi connectivity index (χ2n) is 4.52. The maximum absolute atomic E-state index is 13.1. The molecule has 0 aromatic heterocycles. The van der Waals surface area contributed by atoms with E-state index in [0.29, 0.717) is 12.4 Å². The topological polar surface area (TPSA) is 27.1 Å². The van der Waals surface area contributed by atoms with E-state index in [4.69, 9.17) is 5.41 Å². The van der Waals surface area contributed by atoms with Crippen LogP contribution in [0.5, 0.6) is 0 Å². The van der Waals surface area contributed by atoms with Gasteiger partial charge in [0.2, 0.25) is 0 Å². The van der Waals surface area contributed by atoms with Crippen molar-refractivity contribution in [2.45, 2.75) is 13.5 Å². The molecule has 0 atom stereocenters. The van der Waals surface area contributed by atoms with Crippen LogP contribution in [0.4, 0.5) is 10.1 Å². The van der Waals surface area contributed by atoms with E-state index in [1.807, 2.05) is 36.1 Å². The average Bonchev–Trinajstić information content (AvgIpc) is 2.68.